The summed E-state index contributed by atoms with van der Waals surface area (Å²) >= 11 is 0. The minimum atomic E-state index is 0.458. The zero-order valence-electron chi connectivity index (χ0n) is 11.8. The van der Waals surface area contributed by atoms with Crippen LogP contribution in [0.1, 0.15) is 23.3 Å². The predicted octanol–water partition coefficient (Wildman–Crippen LogP) is 0.820. The summed E-state index contributed by atoms with van der Waals surface area (Å²) in [6.45, 7) is 5.31. The third kappa shape index (κ3) is 2.88. The predicted molar refractivity (Wildman–Crippen MR) is 71.2 cm³/mol. The van der Waals surface area contributed by atoms with Crippen LogP contribution in [0.25, 0.3) is 0 Å². The van der Waals surface area contributed by atoms with Crippen LogP contribution in [-0.4, -0.2) is 51.6 Å². The number of hydrogen-bond donors (Lipinski definition) is 0. The second-order valence-electron chi connectivity index (χ2n) is 5.19. The molecule has 3 heterocycles. The van der Waals surface area contributed by atoms with Gasteiger partial charge in [0.1, 0.15) is 0 Å². The molecule has 0 atom stereocenters. The Hall–Kier alpha value is -1.73. The summed E-state index contributed by atoms with van der Waals surface area (Å²) < 4.78 is 12.3. The van der Waals surface area contributed by atoms with E-state index in [4.69, 9.17) is 9.26 Å². The monoisotopic (exact) mass is 277 g/mol. The van der Waals surface area contributed by atoms with Crippen molar-refractivity contribution in [1.82, 2.24) is 24.8 Å². The SMILES string of the molecule is COCCc1noc(CN2CC(n3cc(C)cn3)C2)n1. The van der Waals surface area contributed by atoms with Crippen molar-refractivity contribution in [3.63, 3.8) is 0 Å². The summed E-state index contributed by atoms with van der Waals surface area (Å²) in [6, 6.07) is 0.458. The highest BCUT2D eigenvalue weighted by Gasteiger charge is 2.29. The van der Waals surface area contributed by atoms with Gasteiger partial charge in [0, 0.05) is 32.8 Å². The van der Waals surface area contributed by atoms with Gasteiger partial charge in [-0.25, -0.2) is 0 Å². The maximum absolute atomic E-state index is 5.23. The van der Waals surface area contributed by atoms with Crippen LogP contribution in [0.15, 0.2) is 16.9 Å². The standard InChI is InChI=1S/C13H19N5O2/c1-10-5-14-18(6-10)11-7-17(8-11)9-13-15-12(16-20-13)3-4-19-2/h5-6,11H,3-4,7-9H2,1-2H3. The van der Waals surface area contributed by atoms with Crippen molar-refractivity contribution in [1.29, 1.82) is 0 Å². The molecular weight excluding hydrogens is 258 g/mol. The lowest BCUT2D eigenvalue weighted by Gasteiger charge is -2.38. The normalized spacial score (nSPS) is 16.5. The number of hydrogen-bond acceptors (Lipinski definition) is 6. The lowest BCUT2D eigenvalue weighted by atomic mass is 10.1. The van der Waals surface area contributed by atoms with Crippen LogP contribution in [0.4, 0.5) is 0 Å². The molecule has 0 bridgehead atoms. The molecule has 0 aromatic carbocycles. The van der Waals surface area contributed by atoms with E-state index in [1.165, 1.54) is 5.56 Å². The molecule has 2 aromatic rings. The molecule has 7 nitrogen and oxygen atoms in total. The molecule has 1 saturated heterocycles. The maximum Gasteiger partial charge on any atom is 0.240 e. The zero-order chi connectivity index (χ0) is 13.9. The van der Waals surface area contributed by atoms with E-state index in [0.717, 1.165) is 13.1 Å². The number of methoxy groups -OCH3 is 1. The molecule has 1 aliphatic rings. The first-order valence-corrected chi connectivity index (χ1v) is 6.78. The number of likely N-dealkylation sites (tertiary alicyclic amines) is 1. The van der Waals surface area contributed by atoms with Crippen molar-refractivity contribution in [2.75, 3.05) is 26.8 Å². The van der Waals surface area contributed by atoms with E-state index in [-0.39, 0.29) is 0 Å². The summed E-state index contributed by atoms with van der Waals surface area (Å²) in [7, 11) is 1.66. The van der Waals surface area contributed by atoms with E-state index >= 15 is 0 Å². The average molecular weight is 277 g/mol. The number of rotatable bonds is 6. The zero-order valence-corrected chi connectivity index (χ0v) is 11.8. The van der Waals surface area contributed by atoms with Crippen LogP contribution in [0.2, 0.25) is 0 Å². The Labute approximate surface area is 117 Å². The van der Waals surface area contributed by atoms with Crippen molar-refractivity contribution in [2.45, 2.75) is 25.9 Å². The molecule has 0 N–H and O–H groups in total. The molecule has 1 aliphatic heterocycles. The summed E-state index contributed by atoms with van der Waals surface area (Å²) in [4.78, 5) is 6.62. The molecule has 20 heavy (non-hydrogen) atoms. The number of ether oxygens (including phenoxy) is 1. The fourth-order valence-corrected chi connectivity index (χ4v) is 2.31. The summed E-state index contributed by atoms with van der Waals surface area (Å²) in [6.07, 6.45) is 4.66. The van der Waals surface area contributed by atoms with Crippen LogP contribution in [0.5, 0.6) is 0 Å². The smallest absolute Gasteiger partial charge is 0.240 e. The third-order valence-corrected chi connectivity index (χ3v) is 3.44. The minimum absolute atomic E-state index is 0.458. The maximum atomic E-state index is 5.23. The van der Waals surface area contributed by atoms with Gasteiger partial charge in [0.2, 0.25) is 5.89 Å². The molecule has 0 spiro atoms. The van der Waals surface area contributed by atoms with Crippen molar-refractivity contribution in [2.24, 2.45) is 0 Å². The minimum Gasteiger partial charge on any atom is -0.384 e. The Morgan fingerprint density at radius 1 is 1.45 bits per heavy atom. The average Bonchev–Trinajstić information content (AvgIpc) is 3.00. The van der Waals surface area contributed by atoms with Gasteiger partial charge in [0.25, 0.3) is 0 Å². The first kappa shape index (κ1) is 13.3. The van der Waals surface area contributed by atoms with Gasteiger partial charge < -0.3 is 9.26 Å². The quantitative estimate of drug-likeness (QED) is 0.778. The lowest BCUT2D eigenvalue weighted by Crippen LogP contribution is -2.47. The second-order valence-corrected chi connectivity index (χ2v) is 5.19. The second kappa shape index (κ2) is 5.72. The molecule has 0 unspecified atom stereocenters. The summed E-state index contributed by atoms with van der Waals surface area (Å²) in [5.41, 5.74) is 1.20. The molecule has 0 radical (unpaired) electrons. The fraction of sp³-hybridized carbons (Fsp3) is 0.615. The molecule has 1 fully saturated rings. The van der Waals surface area contributed by atoms with Crippen molar-refractivity contribution < 1.29 is 9.26 Å². The molecule has 3 rings (SSSR count). The molecular formula is C13H19N5O2. The fourth-order valence-electron chi connectivity index (χ4n) is 2.31. The van der Waals surface area contributed by atoms with E-state index < -0.39 is 0 Å². The summed E-state index contributed by atoms with van der Waals surface area (Å²) in [5.74, 6) is 1.38. The Kier molecular flexibility index (Phi) is 3.79. The van der Waals surface area contributed by atoms with Gasteiger partial charge in [-0.1, -0.05) is 5.16 Å². The molecule has 2 aromatic heterocycles. The van der Waals surface area contributed by atoms with Crippen LogP contribution in [0, 0.1) is 6.92 Å². The van der Waals surface area contributed by atoms with Crippen LogP contribution >= 0.6 is 0 Å². The number of aromatic nitrogens is 4. The van der Waals surface area contributed by atoms with Crippen LogP contribution < -0.4 is 0 Å². The lowest BCUT2D eigenvalue weighted by molar-refractivity contribution is 0.0790. The van der Waals surface area contributed by atoms with E-state index in [1.54, 1.807) is 7.11 Å². The van der Waals surface area contributed by atoms with Gasteiger partial charge in [-0.15, -0.1) is 0 Å². The number of aryl methyl sites for hydroxylation is 1. The largest absolute Gasteiger partial charge is 0.384 e. The van der Waals surface area contributed by atoms with Crippen LogP contribution in [0.3, 0.4) is 0 Å². The van der Waals surface area contributed by atoms with Crippen LogP contribution in [-0.2, 0) is 17.7 Å². The van der Waals surface area contributed by atoms with Gasteiger partial charge in [-0.3, -0.25) is 9.58 Å². The molecule has 0 aliphatic carbocycles. The van der Waals surface area contributed by atoms with E-state index in [9.17, 15) is 0 Å². The Morgan fingerprint density at radius 2 is 2.30 bits per heavy atom. The van der Waals surface area contributed by atoms with Gasteiger partial charge in [-0.2, -0.15) is 10.1 Å². The highest BCUT2D eigenvalue weighted by molar-refractivity contribution is 5.02. The summed E-state index contributed by atoms with van der Waals surface area (Å²) in [5, 5.41) is 8.28. The van der Waals surface area contributed by atoms with Crippen molar-refractivity contribution in [3.05, 3.63) is 29.7 Å². The van der Waals surface area contributed by atoms with Crippen molar-refractivity contribution in [3.8, 4) is 0 Å². The van der Waals surface area contributed by atoms with E-state index in [0.29, 0.717) is 37.3 Å². The highest BCUT2D eigenvalue weighted by atomic mass is 16.5. The first-order chi connectivity index (χ1) is 9.74. The Balaban J connectivity index is 1.47. The molecule has 0 saturated carbocycles. The molecule has 108 valence electrons. The van der Waals surface area contributed by atoms with Gasteiger partial charge in [0.15, 0.2) is 5.82 Å². The molecule has 0 amide bonds. The van der Waals surface area contributed by atoms with Gasteiger partial charge in [-0.05, 0) is 12.5 Å². The van der Waals surface area contributed by atoms with Gasteiger partial charge in [0.05, 0.1) is 25.4 Å². The highest BCUT2D eigenvalue weighted by Crippen LogP contribution is 2.22. The Bertz CT molecular complexity index is 559. The van der Waals surface area contributed by atoms with E-state index in [2.05, 4.69) is 33.3 Å². The topological polar surface area (TPSA) is 69.2 Å². The van der Waals surface area contributed by atoms with Crippen molar-refractivity contribution >= 4 is 0 Å². The van der Waals surface area contributed by atoms with Gasteiger partial charge >= 0.3 is 0 Å². The van der Waals surface area contributed by atoms with E-state index in [1.807, 2.05) is 10.9 Å². The third-order valence-electron chi connectivity index (χ3n) is 3.44. The first-order valence-electron chi connectivity index (χ1n) is 6.78. The molecule has 7 heteroatoms. The number of nitrogens with zero attached hydrogens (tertiary/aromatic N) is 5. The Morgan fingerprint density at radius 3 is 3.00 bits per heavy atom.